The smallest absolute Gasteiger partial charge is 0.243 e. The van der Waals surface area contributed by atoms with Crippen LogP contribution in [-0.4, -0.2) is 46.9 Å². The molecular formula is C19H23ClN2O5S. The van der Waals surface area contributed by atoms with E-state index in [4.69, 9.17) is 21.1 Å². The molecule has 2 aromatic carbocycles. The maximum absolute atomic E-state index is 12.5. The summed E-state index contributed by atoms with van der Waals surface area (Å²) in [4.78, 5) is 12.5. The summed E-state index contributed by atoms with van der Waals surface area (Å²) in [6, 6.07) is 12.4. The largest absolute Gasteiger partial charge is 0.497 e. The molecule has 0 spiro atoms. The molecule has 28 heavy (non-hydrogen) atoms. The number of hydrogen-bond donors (Lipinski definition) is 1. The molecule has 152 valence electrons. The average molecular weight is 427 g/mol. The van der Waals surface area contributed by atoms with E-state index in [1.165, 1.54) is 6.92 Å². The summed E-state index contributed by atoms with van der Waals surface area (Å²) in [6.07, 6.45) is 1.05. The lowest BCUT2D eigenvalue weighted by atomic mass is 10.2. The highest BCUT2D eigenvalue weighted by atomic mass is 35.5. The second-order valence-electron chi connectivity index (χ2n) is 6.03. The Labute approximate surface area is 170 Å². The van der Waals surface area contributed by atoms with Crippen molar-refractivity contribution in [2.75, 3.05) is 30.8 Å². The molecule has 1 N–H and O–H groups in total. The van der Waals surface area contributed by atoms with Gasteiger partial charge in [0.25, 0.3) is 0 Å². The van der Waals surface area contributed by atoms with Crippen LogP contribution in [0.5, 0.6) is 11.5 Å². The molecule has 0 unspecified atom stereocenters. The highest BCUT2D eigenvalue weighted by molar-refractivity contribution is 7.92. The summed E-state index contributed by atoms with van der Waals surface area (Å²) in [5, 5.41) is 3.16. The molecule has 0 bridgehead atoms. The maximum Gasteiger partial charge on any atom is 0.243 e. The van der Waals surface area contributed by atoms with E-state index in [1.807, 2.05) is 0 Å². The maximum atomic E-state index is 12.5. The summed E-state index contributed by atoms with van der Waals surface area (Å²) in [6.45, 7) is 1.97. The Bertz CT molecular complexity index is 903. The van der Waals surface area contributed by atoms with E-state index in [0.29, 0.717) is 22.2 Å². The van der Waals surface area contributed by atoms with Crippen LogP contribution in [0.4, 0.5) is 5.69 Å². The van der Waals surface area contributed by atoms with Crippen LogP contribution in [0.1, 0.15) is 6.92 Å². The Hall–Kier alpha value is -2.45. The van der Waals surface area contributed by atoms with Gasteiger partial charge in [0, 0.05) is 11.1 Å². The molecule has 0 saturated carbocycles. The van der Waals surface area contributed by atoms with Gasteiger partial charge in [-0.2, -0.15) is 0 Å². The number of anilines is 1. The second kappa shape index (κ2) is 9.66. The van der Waals surface area contributed by atoms with E-state index in [0.717, 1.165) is 10.6 Å². The van der Waals surface area contributed by atoms with Crippen molar-refractivity contribution in [2.45, 2.75) is 13.0 Å². The lowest BCUT2D eigenvalue weighted by Crippen LogP contribution is -2.48. The van der Waals surface area contributed by atoms with Gasteiger partial charge in [0.15, 0.2) is 0 Å². The highest BCUT2D eigenvalue weighted by Gasteiger charge is 2.28. The minimum atomic E-state index is -3.67. The molecule has 0 fully saturated rings. The predicted octanol–water partition coefficient (Wildman–Crippen LogP) is 2.70. The molecular weight excluding hydrogens is 404 g/mol. The van der Waals surface area contributed by atoms with Gasteiger partial charge in [-0.25, -0.2) is 8.42 Å². The number of rotatable bonds is 9. The normalized spacial score (nSPS) is 12.1. The first-order chi connectivity index (χ1) is 13.2. The lowest BCUT2D eigenvalue weighted by Gasteiger charge is -2.28. The Morgan fingerprint density at radius 2 is 1.82 bits per heavy atom. The van der Waals surface area contributed by atoms with Gasteiger partial charge >= 0.3 is 0 Å². The average Bonchev–Trinajstić information content (AvgIpc) is 2.65. The van der Waals surface area contributed by atoms with Crippen molar-refractivity contribution in [3.8, 4) is 11.5 Å². The third-order valence-corrected chi connectivity index (χ3v) is 5.37. The number of carbonyl (C=O) groups is 1. The third-order valence-electron chi connectivity index (χ3n) is 3.88. The molecule has 2 aromatic rings. The zero-order valence-corrected chi connectivity index (χ0v) is 17.5. The fraction of sp³-hybridized carbons (Fsp3) is 0.316. The number of ether oxygens (including phenoxy) is 2. The van der Waals surface area contributed by atoms with Crippen molar-refractivity contribution >= 4 is 33.2 Å². The monoisotopic (exact) mass is 426 g/mol. The van der Waals surface area contributed by atoms with Crippen LogP contribution in [0.2, 0.25) is 5.02 Å². The molecule has 7 nitrogen and oxygen atoms in total. The van der Waals surface area contributed by atoms with Crippen LogP contribution in [0.3, 0.4) is 0 Å². The quantitative estimate of drug-likeness (QED) is 0.623. The lowest BCUT2D eigenvalue weighted by molar-refractivity contribution is -0.121. The zero-order valence-electron chi connectivity index (χ0n) is 15.9. The number of sulfonamides is 1. The van der Waals surface area contributed by atoms with Gasteiger partial charge < -0.3 is 14.8 Å². The molecule has 0 aliphatic rings. The van der Waals surface area contributed by atoms with E-state index >= 15 is 0 Å². The zero-order chi connectivity index (χ0) is 20.7. The van der Waals surface area contributed by atoms with Crippen molar-refractivity contribution in [3.05, 3.63) is 53.6 Å². The van der Waals surface area contributed by atoms with Gasteiger partial charge in [0.2, 0.25) is 15.9 Å². The number of hydrogen-bond acceptors (Lipinski definition) is 5. The molecule has 0 aromatic heterocycles. The van der Waals surface area contributed by atoms with Crippen LogP contribution in [0, 0.1) is 0 Å². The van der Waals surface area contributed by atoms with Crippen molar-refractivity contribution in [3.63, 3.8) is 0 Å². The van der Waals surface area contributed by atoms with Crippen LogP contribution in [0.15, 0.2) is 48.5 Å². The van der Waals surface area contributed by atoms with Crippen LogP contribution >= 0.6 is 11.6 Å². The number of benzene rings is 2. The number of nitrogens with zero attached hydrogens (tertiary/aromatic N) is 1. The molecule has 0 radical (unpaired) electrons. The van der Waals surface area contributed by atoms with Crippen LogP contribution in [0.25, 0.3) is 0 Å². The van der Waals surface area contributed by atoms with Gasteiger partial charge in [-0.1, -0.05) is 17.7 Å². The van der Waals surface area contributed by atoms with Gasteiger partial charge in [0.1, 0.15) is 24.1 Å². The number of nitrogens with one attached hydrogen (secondary N) is 1. The Morgan fingerprint density at radius 3 is 2.43 bits per heavy atom. The summed E-state index contributed by atoms with van der Waals surface area (Å²) in [5.74, 6) is 0.845. The number of methoxy groups -OCH3 is 1. The molecule has 0 saturated heterocycles. The van der Waals surface area contributed by atoms with Crippen LogP contribution in [-0.2, 0) is 14.8 Å². The summed E-state index contributed by atoms with van der Waals surface area (Å²) in [5.41, 5.74) is 0.363. The highest BCUT2D eigenvalue weighted by Crippen LogP contribution is 2.23. The van der Waals surface area contributed by atoms with Gasteiger partial charge in [-0.15, -0.1) is 0 Å². The molecule has 0 aliphatic heterocycles. The first kappa shape index (κ1) is 21.8. The first-order valence-corrected chi connectivity index (χ1v) is 10.7. The van der Waals surface area contributed by atoms with Gasteiger partial charge in [0.05, 0.1) is 25.6 Å². The number of halogens is 1. The topological polar surface area (TPSA) is 84.9 Å². The van der Waals surface area contributed by atoms with E-state index in [9.17, 15) is 13.2 Å². The standard InChI is InChI=1S/C19H23ClN2O5S/c1-14(22(28(3,24)25)16-9-7-15(20)8-10-16)19(23)21-11-12-27-18-6-4-5-17(13-18)26-2/h4-10,13-14H,11-12H2,1-3H3,(H,21,23)/t14-/m0/s1. The number of amides is 1. The predicted molar refractivity (Wildman–Crippen MR) is 110 cm³/mol. The van der Waals surface area contributed by atoms with Crippen molar-refractivity contribution in [2.24, 2.45) is 0 Å². The van der Waals surface area contributed by atoms with E-state index in [1.54, 1.807) is 55.6 Å². The van der Waals surface area contributed by atoms with Gasteiger partial charge in [-0.3, -0.25) is 9.10 Å². The van der Waals surface area contributed by atoms with Crippen molar-refractivity contribution in [1.29, 1.82) is 0 Å². The summed E-state index contributed by atoms with van der Waals surface area (Å²) >= 11 is 5.86. The van der Waals surface area contributed by atoms with Crippen molar-refractivity contribution < 1.29 is 22.7 Å². The molecule has 0 aliphatic carbocycles. The Morgan fingerprint density at radius 1 is 1.18 bits per heavy atom. The summed E-state index contributed by atoms with van der Waals surface area (Å²) < 4.78 is 36.2. The van der Waals surface area contributed by atoms with E-state index in [-0.39, 0.29) is 13.2 Å². The minimum Gasteiger partial charge on any atom is -0.497 e. The molecule has 1 atom stereocenters. The second-order valence-corrected chi connectivity index (χ2v) is 8.33. The SMILES string of the molecule is COc1cccc(OCCNC(=O)[C@H](C)N(c2ccc(Cl)cc2)S(C)(=O)=O)c1. The molecule has 9 heteroatoms. The Kier molecular flexibility index (Phi) is 7.53. The van der Waals surface area contributed by atoms with E-state index in [2.05, 4.69) is 5.32 Å². The fourth-order valence-corrected chi connectivity index (χ4v) is 3.88. The van der Waals surface area contributed by atoms with E-state index < -0.39 is 22.0 Å². The minimum absolute atomic E-state index is 0.221. The van der Waals surface area contributed by atoms with Crippen molar-refractivity contribution in [1.82, 2.24) is 5.32 Å². The third kappa shape index (κ3) is 6.03. The van der Waals surface area contributed by atoms with Gasteiger partial charge in [-0.05, 0) is 43.3 Å². The molecule has 1 amide bonds. The fourth-order valence-electron chi connectivity index (χ4n) is 2.58. The summed E-state index contributed by atoms with van der Waals surface area (Å²) in [7, 11) is -2.11. The van der Waals surface area contributed by atoms with Crippen LogP contribution < -0.4 is 19.1 Å². The first-order valence-electron chi connectivity index (χ1n) is 8.52. The molecule has 0 heterocycles. The number of carbonyl (C=O) groups excluding carboxylic acids is 1. The Balaban J connectivity index is 1.96. The molecule has 2 rings (SSSR count).